The first kappa shape index (κ1) is 24.2. The van der Waals surface area contributed by atoms with Gasteiger partial charge in [0, 0.05) is 15.6 Å². The summed E-state index contributed by atoms with van der Waals surface area (Å²) in [5.41, 5.74) is 0.308. The zero-order valence-electron chi connectivity index (χ0n) is 23.5. The van der Waals surface area contributed by atoms with Gasteiger partial charge in [0.1, 0.15) is 7.14 Å². The first-order chi connectivity index (χ1) is 17.5. The molecule has 37 heavy (non-hydrogen) atoms. The molecule has 9 fully saturated rings. The van der Waals surface area contributed by atoms with E-state index in [0.29, 0.717) is 0 Å². The minimum Gasteiger partial charge on any atom is -0.399 e. The molecule has 8 bridgehead atoms. The third-order valence-corrected chi connectivity index (χ3v) is 18.0. The maximum absolute atomic E-state index is 16.9. The van der Waals surface area contributed by atoms with Crippen LogP contribution in [0.1, 0.15) is 105 Å². The molecule has 0 spiro atoms. The van der Waals surface area contributed by atoms with E-state index in [9.17, 15) is 0 Å². The van der Waals surface area contributed by atoms with E-state index in [1.807, 2.05) is 0 Å². The Kier molecular flexibility index (Phi) is 4.97. The van der Waals surface area contributed by atoms with Crippen LogP contribution < -0.4 is 10.8 Å². The Morgan fingerprint density at radius 1 is 0.649 bits per heavy atom. The summed E-state index contributed by atoms with van der Waals surface area (Å²) < 4.78 is 30.3. The molecule has 200 valence electrons. The van der Waals surface area contributed by atoms with E-state index in [2.05, 4.69) is 52.0 Å². The fourth-order valence-electron chi connectivity index (χ4n) is 11.9. The number of benzene rings is 1. The lowest BCUT2D eigenvalue weighted by Crippen LogP contribution is -2.61. The first-order valence-corrected chi connectivity index (χ1v) is 17.3. The zero-order valence-corrected chi connectivity index (χ0v) is 24.4. The first-order valence-electron chi connectivity index (χ1n) is 15.6. The average molecular weight is 521 g/mol. The van der Waals surface area contributed by atoms with Crippen LogP contribution in [-0.4, -0.2) is 28.6 Å². The molecule has 9 aliphatic rings. The van der Waals surface area contributed by atoms with Crippen LogP contribution >= 0.6 is 7.14 Å². The van der Waals surface area contributed by atoms with E-state index >= 15 is 4.57 Å². The Morgan fingerprint density at radius 2 is 1.00 bits per heavy atom. The highest BCUT2D eigenvalue weighted by atomic mass is 31.2. The van der Waals surface area contributed by atoms with E-state index < -0.39 is 25.5 Å². The van der Waals surface area contributed by atoms with Crippen LogP contribution in [0.4, 0.5) is 0 Å². The van der Waals surface area contributed by atoms with Crippen molar-refractivity contribution in [3.05, 3.63) is 24.3 Å². The normalized spacial score (nSPS) is 47.9. The minimum absolute atomic E-state index is 0.00711. The van der Waals surface area contributed by atoms with E-state index in [0.717, 1.165) is 41.0 Å². The molecule has 0 aromatic heterocycles. The fraction of sp³-hybridized carbons (Fsp3) is 0.812. The molecule has 1 heterocycles. The Morgan fingerprint density at radius 3 is 1.38 bits per heavy atom. The highest BCUT2D eigenvalue weighted by Gasteiger charge is 2.70. The second-order valence-corrected chi connectivity index (χ2v) is 19.6. The number of hydrogen-bond donors (Lipinski definition) is 0. The Bertz CT molecular complexity index is 1040. The molecule has 0 unspecified atom stereocenters. The third kappa shape index (κ3) is 3.19. The van der Waals surface area contributed by atoms with Gasteiger partial charge in [-0.3, -0.25) is 0 Å². The van der Waals surface area contributed by atoms with Crippen molar-refractivity contribution in [1.29, 1.82) is 0 Å². The van der Waals surface area contributed by atoms with Gasteiger partial charge in [0.15, 0.2) is 0 Å². The molecule has 0 N–H and O–H groups in total. The Hall–Kier alpha value is -0.565. The van der Waals surface area contributed by atoms with Gasteiger partial charge in [-0.25, -0.2) is 0 Å². The van der Waals surface area contributed by atoms with Crippen molar-refractivity contribution in [2.24, 2.45) is 35.5 Å². The summed E-state index contributed by atoms with van der Waals surface area (Å²) in [7, 11) is -3.24. The van der Waals surface area contributed by atoms with Gasteiger partial charge in [-0.2, -0.15) is 0 Å². The molecule has 1 aromatic rings. The smallest absolute Gasteiger partial charge is 0.399 e. The van der Waals surface area contributed by atoms with E-state index in [1.54, 1.807) is 0 Å². The molecule has 8 aliphatic carbocycles. The standard InChI is InChI=1S/C32H46BO3P/c1-29(2)30(3,4)36-33(35-29)27-7-5-6-8-28(27)37(34,31-15-21-9-22(16-31)11-23(10-21)17-31)32-18-24-12-25(19-32)14-26(13-24)20-32/h5-8,21-26H,9-20H2,1-4H3. The van der Waals surface area contributed by atoms with Crippen molar-refractivity contribution in [2.45, 2.75) is 126 Å². The topological polar surface area (TPSA) is 35.5 Å². The van der Waals surface area contributed by atoms with Crippen molar-refractivity contribution >= 4 is 25.0 Å². The Labute approximate surface area is 224 Å². The van der Waals surface area contributed by atoms with Crippen molar-refractivity contribution in [3.63, 3.8) is 0 Å². The van der Waals surface area contributed by atoms with Crippen molar-refractivity contribution in [1.82, 2.24) is 0 Å². The number of hydrogen-bond acceptors (Lipinski definition) is 3. The van der Waals surface area contributed by atoms with Crippen LogP contribution in [0.15, 0.2) is 24.3 Å². The van der Waals surface area contributed by atoms with Gasteiger partial charge in [0.25, 0.3) is 0 Å². The van der Waals surface area contributed by atoms with Gasteiger partial charge in [0.2, 0.25) is 0 Å². The van der Waals surface area contributed by atoms with Gasteiger partial charge in [-0.1, -0.05) is 24.3 Å². The summed E-state index contributed by atoms with van der Waals surface area (Å²) in [6.45, 7) is 8.58. The maximum Gasteiger partial charge on any atom is 0.495 e. The van der Waals surface area contributed by atoms with Crippen molar-refractivity contribution in [2.75, 3.05) is 0 Å². The van der Waals surface area contributed by atoms with Gasteiger partial charge >= 0.3 is 7.12 Å². The lowest BCUT2D eigenvalue weighted by Gasteiger charge is -2.67. The summed E-state index contributed by atoms with van der Waals surface area (Å²) >= 11 is 0. The van der Waals surface area contributed by atoms with Crippen molar-refractivity contribution in [3.8, 4) is 0 Å². The molecule has 1 aliphatic heterocycles. The Balaban J connectivity index is 1.33. The number of rotatable bonds is 4. The van der Waals surface area contributed by atoms with Crippen LogP contribution in [0.5, 0.6) is 0 Å². The van der Waals surface area contributed by atoms with Crippen LogP contribution in [0.2, 0.25) is 0 Å². The van der Waals surface area contributed by atoms with Gasteiger partial charge in [0.05, 0.1) is 11.2 Å². The summed E-state index contributed by atoms with van der Waals surface area (Å²) in [4.78, 5) is 0. The van der Waals surface area contributed by atoms with Gasteiger partial charge in [-0.15, -0.1) is 0 Å². The predicted molar refractivity (Wildman–Crippen MR) is 151 cm³/mol. The largest absolute Gasteiger partial charge is 0.495 e. The van der Waals surface area contributed by atoms with Crippen LogP contribution in [0, 0.1) is 35.5 Å². The molecular weight excluding hydrogens is 474 g/mol. The third-order valence-electron chi connectivity index (χ3n) is 13.1. The van der Waals surface area contributed by atoms with E-state index in [1.165, 1.54) is 82.4 Å². The molecule has 1 saturated heterocycles. The second kappa shape index (κ2) is 7.58. The summed E-state index contributed by atoms with van der Waals surface area (Å²) in [6, 6.07) is 8.81. The summed E-state index contributed by atoms with van der Waals surface area (Å²) in [5.74, 6) is 4.82. The molecule has 8 saturated carbocycles. The minimum atomic E-state index is -2.80. The highest BCUT2D eigenvalue weighted by Crippen LogP contribution is 2.82. The average Bonchev–Trinajstić information content (AvgIpc) is 3.03. The van der Waals surface area contributed by atoms with E-state index in [4.69, 9.17) is 9.31 Å². The monoisotopic (exact) mass is 520 g/mol. The molecule has 10 rings (SSSR count). The molecule has 5 heteroatoms. The SMILES string of the molecule is CC1(C)OB(c2ccccc2P(=O)(C23CC4CC(CC(C4)C2)C3)C23CC4CC(CC(C4)C2)C3)OC1(C)C. The van der Waals surface area contributed by atoms with Gasteiger partial charge in [-0.05, 0) is 146 Å². The maximum atomic E-state index is 16.9. The van der Waals surface area contributed by atoms with Crippen LogP contribution in [0.3, 0.4) is 0 Å². The van der Waals surface area contributed by atoms with Crippen molar-refractivity contribution < 1.29 is 13.9 Å². The summed E-state index contributed by atoms with van der Waals surface area (Å²) in [5, 5.41) is 1.19. The lowest BCUT2D eigenvalue weighted by molar-refractivity contribution is 0.00578. The van der Waals surface area contributed by atoms with Crippen LogP contribution in [-0.2, 0) is 13.9 Å². The highest BCUT2D eigenvalue weighted by molar-refractivity contribution is 7.75. The zero-order chi connectivity index (χ0) is 25.4. The van der Waals surface area contributed by atoms with E-state index in [-0.39, 0.29) is 10.3 Å². The quantitative estimate of drug-likeness (QED) is 0.320. The van der Waals surface area contributed by atoms with Crippen LogP contribution in [0.25, 0.3) is 0 Å². The molecule has 0 radical (unpaired) electrons. The molecule has 1 aromatic carbocycles. The molecule has 0 atom stereocenters. The predicted octanol–water partition coefficient (Wildman–Crippen LogP) is 6.91. The second-order valence-electron chi connectivity index (χ2n) is 16.0. The summed E-state index contributed by atoms with van der Waals surface area (Å²) in [6.07, 6.45) is 15.7. The lowest BCUT2D eigenvalue weighted by atomic mass is 9.55. The van der Waals surface area contributed by atoms with Gasteiger partial charge < -0.3 is 13.9 Å². The fourth-order valence-corrected chi connectivity index (χ4v) is 17.8. The molecule has 3 nitrogen and oxygen atoms in total. The molecular formula is C32H46BO3P. The molecule has 0 amide bonds.